The first-order chi connectivity index (χ1) is 8.63. The number of carboxylic acids is 1. The summed E-state index contributed by atoms with van der Waals surface area (Å²) in [4.78, 5) is 23.0. The summed E-state index contributed by atoms with van der Waals surface area (Å²) in [6.45, 7) is 2.20. The van der Waals surface area contributed by atoms with Crippen LogP contribution in [0.3, 0.4) is 0 Å². The highest BCUT2D eigenvalue weighted by atomic mass is 32.1. The molecule has 0 spiro atoms. The maximum absolute atomic E-state index is 11.6. The minimum Gasteiger partial charge on any atom is -0.481 e. The molecule has 5 nitrogen and oxygen atoms in total. The summed E-state index contributed by atoms with van der Waals surface area (Å²) in [7, 11) is 0. The number of hydrogen-bond acceptors (Lipinski definition) is 3. The van der Waals surface area contributed by atoms with Crippen molar-refractivity contribution in [2.45, 2.75) is 32.2 Å². The quantitative estimate of drug-likeness (QED) is 0.711. The maximum Gasteiger partial charge on any atom is 0.315 e. The minimum atomic E-state index is -0.918. The third-order valence-corrected chi connectivity index (χ3v) is 3.38. The Labute approximate surface area is 110 Å². The number of amides is 2. The van der Waals surface area contributed by atoms with E-state index >= 15 is 0 Å². The van der Waals surface area contributed by atoms with Gasteiger partial charge in [0.05, 0.1) is 12.5 Å². The van der Waals surface area contributed by atoms with Gasteiger partial charge in [0.1, 0.15) is 0 Å². The average molecular weight is 270 g/mol. The molecule has 6 heteroatoms. The summed E-state index contributed by atoms with van der Waals surface area (Å²) in [6.07, 6.45) is 1.77. The zero-order chi connectivity index (χ0) is 13.4. The molecule has 1 atom stereocenters. The van der Waals surface area contributed by atoms with E-state index < -0.39 is 5.97 Å². The summed E-state index contributed by atoms with van der Waals surface area (Å²) in [5.74, 6) is -0.918. The molecule has 18 heavy (non-hydrogen) atoms. The van der Waals surface area contributed by atoms with Crippen LogP contribution in [0.5, 0.6) is 0 Å². The van der Waals surface area contributed by atoms with Crippen molar-refractivity contribution in [2.75, 3.05) is 6.54 Å². The first-order valence-electron chi connectivity index (χ1n) is 5.93. The third-order valence-electron chi connectivity index (χ3n) is 2.39. The minimum absolute atomic E-state index is 0.000159. The molecule has 0 fully saturated rings. The van der Waals surface area contributed by atoms with Crippen LogP contribution in [0, 0.1) is 0 Å². The van der Waals surface area contributed by atoms with E-state index in [-0.39, 0.29) is 25.0 Å². The van der Waals surface area contributed by atoms with Crippen molar-refractivity contribution in [3.63, 3.8) is 0 Å². The molecule has 100 valence electrons. The number of carbonyl (C=O) groups excluding carboxylic acids is 1. The highest BCUT2D eigenvalue weighted by Gasteiger charge is 2.14. The van der Waals surface area contributed by atoms with Gasteiger partial charge in [0.25, 0.3) is 0 Å². The van der Waals surface area contributed by atoms with Crippen LogP contribution in [0.2, 0.25) is 0 Å². The molecule has 0 radical (unpaired) electrons. The predicted molar refractivity (Wildman–Crippen MR) is 70.8 cm³/mol. The highest BCUT2D eigenvalue weighted by Crippen LogP contribution is 2.22. The maximum atomic E-state index is 11.6. The number of aliphatic carboxylic acids is 1. The van der Waals surface area contributed by atoms with E-state index in [0.717, 1.165) is 17.7 Å². The molecule has 0 aliphatic heterocycles. The van der Waals surface area contributed by atoms with Crippen molar-refractivity contribution < 1.29 is 14.7 Å². The second-order valence-corrected chi connectivity index (χ2v) is 4.88. The molecule has 1 rings (SSSR count). The second-order valence-electron chi connectivity index (χ2n) is 3.90. The van der Waals surface area contributed by atoms with Crippen molar-refractivity contribution in [2.24, 2.45) is 0 Å². The van der Waals surface area contributed by atoms with Gasteiger partial charge in [-0.1, -0.05) is 19.4 Å². The van der Waals surface area contributed by atoms with E-state index in [4.69, 9.17) is 5.11 Å². The van der Waals surface area contributed by atoms with Crippen molar-refractivity contribution in [1.82, 2.24) is 10.6 Å². The summed E-state index contributed by atoms with van der Waals surface area (Å²) in [5, 5.41) is 15.8. The van der Waals surface area contributed by atoms with E-state index in [0.29, 0.717) is 0 Å². The van der Waals surface area contributed by atoms with Gasteiger partial charge in [0.2, 0.25) is 0 Å². The van der Waals surface area contributed by atoms with Crippen molar-refractivity contribution >= 4 is 23.3 Å². The first kappa shape index (κ1) is 14.5. The molecule has 0 aliphatic rings. The third kappa shape index (κ3) is 5.18. The van der Waals surface area contributed by atoms with E-state index in [1.54, 1.807) is 11.3 Å². The van der Waals surface area contributed by atoms with Crippen LogP contribution in [-0.2, 0) is 4.79 Å². The van der Waals surface area contributed by atoms with Gasteiger partial charge in [-0.05, 0) is 17.9 Å². The molecule has 1 aromatic rings. The topological polar surface area (TPSA) is 78.4 Å². The molecule has 1 heterocycles. The van der Waals surface area contributed by atoms with Gasteiger partial charge in [-0.2, -0.15) is 0 Å². The Balaban J connectivity index is 2.41. The Morgan fingerprint density at radius 2 is 2.28 bits per heavy atom. The Hall–Kier alpha value is -1.56. The van der Waals surface area contributed by atoms with Gasteiger partial charge < -0.3 is 15.7 Å². The standard InChI is InChI=1S/C12H18N2O3S/c1-2-4-9(10-5-3-8-18-10)14-12(17)13-7-6-11(15)16/h3,5,8-9H,2,4,6-7H2,1H3,(H,15,16)(H2,13,14,17). The summed E-state index contributed by atoms with van der Waals surface area (Å²) in [5.41, 5.74) is 0. The molecule has 1 aromatic heterocycles. The molecule has 1 unspecified atom stereocenters. The van der Waals surface area contributed by atoms with Gasteiger partial charge in [-0.25, -0.2) is 4.79 Å². The van der Waals surface area contributed by atoms with Gasteiger partial charge in [-0.15, -0.1) is 11.3 Å². The van der Waals surface area contributed by atoms with E-state index in [9.17, 15) is 9.59 Å². The van der Waals surface area contributed by atoms with Crippen LogP contribution < -0.4 is 10.6 Å². The number of thiophene rings is 1. The summed E-state index contributed by atoms with van der Waals surface area (Å²) in [6, 6.07) is 3.62. The van der Waals surface area contributed by atoms with Crippen LogP contribution in [-0.4, -0.2) is 23.7 Å². The molecule has 3 N–H and O–H groups in total. The molecular weight excluding hydrogens is 252 g/mol. The van der Waals surface area contributed by atoms with Crippen LogP contribution in [0.25, 0.3) is 0 Å². The number of hydrogen-bond donors (Lipinski definition) is 3. The van der Waals surface area contributed by atoms with Crippen molar-refractivity contribution in [3.8, 4) is 0 Å². The van der Waals surface area contributed by atoms with Crippen LogP contribution >= 0.6 is 11.3 Å². The Morgan fingerprint density at radius 1 is 1.50 bits per heavy atom. The Bertz CT molecular complexity index is 379. The van der Waals surface area contributed by atoms with Crippen LogP contribution in [0.1, 0.15) is 37.1 Å². The van der Waals surface area contributed by atoms with Gasteiger partial charge in [0.15, 0.2) is 0 Å². The number of nitrogens with one attached hydrogen (secondary N) is 2. The van der Waals surface area contributed by atoms with E-state index in [1.165, 1.54) is 0 Å². The lowest BCUT2D eigenvalue weighted by atomic mass is 10.1. The SMILES string of the molecule is CCCC(NC(=O)NCCC(=O)O)c1cccs1. The van der Waals surface area contributed by atoms with Gasteiger partial charge in [0, 0.05) is 11.4 Å². The fraction of sp³-hybridized carbons (Fsp3) is 0.500. The zero-order valence-electron chi connectivity index (χ0n) is 10.3. The largest absolute Gasteiger partial charge is 0.481 e. The lowest BCUT2D eigenvalue weighted by molar-refractivity contribution is -0.136. The summed E-state index contributed by atoms with van der Waals surface area (Å²) < 4.78 is 0. The Morgan fingerprint density at radius 3 is 2.83 bits per heavy atom. The van der Waals surface area contributed by atoms with Gasteiger partial charge in [-0.3, -0.25) is 4.79 Å². The lowest BCUT2D eigenvalue weighted by Crippen LogP contribution is -2.38. The smallest absolute Gasteiger partial charge is 0.315 e. The summed E-state index contributed by atoms with van der Waals surface area (Å²) >= 11 is 1.61. The molecule has 0 saturated heterocycles. The van der Waals surface area contributed by atoms with Gasteiger partial charge >= 0.3 is 12.0 Å². The fourth-order valence-corrected chi connectivity index (χ4v) is 2.37. The molecule has 0 aromatic carbocycles. The van der Waals surface area contributed by atoms with E-state index in [2.05, 4.69) is 17.6 Å². The average Bonchev–Trinajstić information content (AvgIpc) is 2.81. The number of urea groups is 1. The highest BCUT2D eigenvalue weighted by molar-refractivity contribution is 7.10. The van der Waals surface area contributed by atoms with Crippen molar-refractivity contribution in [3.05, 3.63) is 22.4 Å². The normalized spacial score (nSPS) is 11.8. The Kier molecular flexibility index (Phi) is 6.21. The number of rotatable bonds is 7. The molecule has 0 saturated carbocycles. The van der Waals surface area contributed by atoms with Crippen LogP contribution in [0.4, 0.5) is 4.79 Å². The monoisotopic (exact) mass is 270 g/mol. The lowest BCUT2D eigenvalue weighted by Gasteiger charge is -2.17. The first-order valence-corrected chi connectivity index (χ1v) is 6.81. The van der Waals surface area contributed by atoms with E-state index in [1.807, 2.05) is 17.5 Å². The second kappa shape index (κ2) is 7.71. The fourth-order valence-electron chi connectivity index (χ4n) is 1.56. The zero-order valence-corrected chi connectivity index (χ0v) is 11.1. The van der Waals surface area contributed by atoms with Crippen LogP contribution in [0.15, 0.2) is 17.5 Å². The van der Waals surface area contributed by atoms with Crippen molar-refractivity contribution in [1.29, 1.82) is 0 Å². The molecule has 0 aliphatic carbocycles. The predicted octanol–water partition coefficient (Wildman–Crippen LogP) is 2.36. The number of carboxylic acid groups (broad SMARTS) is 1. The molecule has 0 bridgehead atoms. The number of carbonyl (C=O) groups is 2. The molecule has 2 amide bonds. The molecular formula is C12H18N2O3S.